The lowest BCUT2D eigenvalue weighted by molar-refractivity contribution is 0.585. The van der Waals surface area contributed by atoms with Gasteiger partial charge in [-0.3, -0.25) is 9.40 Å². The fraction of sp³-hybridized carbons (Fsp3) is 0.625. The molecular weight excluding hydrogens is 216 g/mol. The zero-order valence-corrected chi connectivity index (χ0v) is 9.71. The van der Waals surface area contributed by atoms with Crippen LogP contribution in [-0.4, -0.2) is 31.0 Å². The van der Waals surface area contributed by atoms with Crippen molar-refractivity contribution in [2.75, 3.05) is 17.5 Å². The maximum absolute atomic E-state index is 11.0. The third-order valence-electron chi connectivity index (χ3n) is 1.82. The standard InChI is InChI=1S/C8H16N4O2S/c1-7-6-12(5-3-4-9)10-8(7)11-15(2,13)14/h6H,3-5,9H2,1-2H3,(H,10,11). The van der Waals surface area contributed by atoms with Crippen LogP contribution in [0.5, 0.6) is 0 Å². The Morgan fingerprint density at radius 3 is 2.80 bits per heavy atom. The average Bonchev–Trinajstić information content (AvgIpc) is 2.41. The minimum Gasteiger partial charge on any atom is -0.330 e. The van der Waals surface area contributed by atoms with Crippen molar-refractivity contribution in [2.45, 2.75) is 19.9 Å². The van der Waals surface area contributed by atoms with Crippen molar-refractivity contribution < 1.29 is 8.42 Å². The molecule has 3 N–H and O–H groups in total. The molecule has 0 amide bonds. The molecule has 0 aliphatic rings. The van der Waals surface area contributed by atoms with Crippen LogP contribution in [0.4, 0.5) is 5.82 Å². The maximum atomic E-state index is 11.0. The van der Waals surface area contributed by atoms with Gasteiger partial charge in [-0.15, -0.1) is 0 Å². The molecule has 1 heterocycles. The van der Waals surface area contributed by atoms with Crippen LogP contribution in [-0.2, 0) is 16.6 Å². The highest BCUT2D eigenvalue weighted by molar-refractivity contribution is 7.92. The van der Waals surface area contributed by atoms with Gasteiger partial charge >= 0.3 is 0 Å². The summed E-state index contributed by atoms with van der Waals surface area (Å²) in [5.41, 5.74) is 6.17. The summed E-state index contributed by atoms with van der Waals surface area (Å²) in [5.74, 6) is 0.384. The largest absolute Gasteiger partial charge is 0.330 e. The first-order chi connectivity index (χ1) is 6.92. The van der Waals surface area contributed by atoms with Gasteiger partial charge in [0.05, 0.1) is 6.26 Å². The van der Waals surface area contributed by atoms with E-state index in [0.717, 1.165) is 18.2 Å². The number of hydrogen-bond acceptors (Lipinski definition) is 4. The highest BCUT2D eigenvalue weighted by Crippen LogP contribution is 2.12. The smallest absolute Gasteiger partial charge is 0.231 e. The Morgan fingerprint density at radius 1 is 1.60 bits per heavy atom. The Hall–Kier alpha value is -1.08. The number of nitrogens with zero attached hydrogens (tertiary/aromatic N) is 2. The molecule has 1 aromatic rings. The highest BCUT2D eigenvalue weighted by Gasteiger charge is 2.09. The molecule has 0 aliphatic carbocycles. The van der Waals surface area contributed by atoms with Crippen LogP contribution >= 0.6 is 0 Å². The first-order valence-corrected chi connectivity index (χ1v) is 6.53. The Balaban J connectivity index is 2.77. The predicted molar refractivity (Wildman–Crippen MR) is 59.1 cm³/mol. The molecule has 7 heteroatoms. The summed E-state index contributed by atoms with van der Waals surface area (Å²) in [6.45, 7) is 3.09. The van der Waals surface area contributed by atoms with E-state index in [0.29, 0.717) is 18.9 Å². The maximum Gasteiger partial charge on any atom is 0.231 e. The Morgan fingerprint density at radius 2 is 2.27 bits per heavy atom. The zero-order valence-electron chi connectivity index (χ0n) is 8.90. The van der Waals surface area contributed by atoms with E-state index in [2.05, 4.69) is 9.82 Å². The summed E-state index contributed by atoms with van der Waals surface area (Å²) in [7, 11) is -3.26. The van der Waals surface area contributed by atoms with E-state index < -0.39 is 10.0 Å². The normalized spacial score (nSPS) is 11.7. The lowest BCUT2D eigenvalue weighted by Crippen LogP contribution is -2.11. The third kappa shape index (κ3) is 3.88. The lowest BCUT2D eigenvalue weighted by atomic mass is 10.4. The van der Waals surface area contributed by atoms with Gasteiger partial charge in [-0.1, -0.05) is 0 Å². The SMILES string of the molecule is Cc1cn(CCCN)nc1NS(C)(=O)=O. The molecule has 0 radical (unpaired) electrons. The first kappa shape index (κ1) is 12.0. The number of aryl methyl sites for hydroxylation is 2. The summed E-state index contributed by atoms with van der Waals surface area (Å²) < 4.78 is 26.0. The molecule has 0 fully saturated rings. The molecule has 0 saturated heterocycles. The van der Waals surface area contributed by atoms with Gasteiger partial charge in [0.1, 0.15) is 0 Å². The predicted octanol–water partition coefficient (Wildman–Crippen LogP) is -0.0882. The number of anilines is 1. The quantitative estimate of drug-likeness (QED) is 0.742. The molecule has 0 unspecified atom stereocenters. The minimum absolute atomic E-state index is 0.384. The van der Waals surface area contributed by atoms with Crippen molar-refractivity contribution >= 4 is 15.8 Å². The Bertz CT molecular complexity index is 424. The summed E-state index contributed by atoms with van der Waals surface area (Å²) in [6, 6.07) is 0. The van der Waals surface area contributed by atoms with E-state index in [-0.39, 0.29) is 0 Å². The lowest BCUT2D eigenvalue weighted by Gasteiger charge is -2.00. The second-order valence-corrected chi connectivity index (χ2v) is 5.19. The molecule has 0 spiro atoms. The molecule has 0 bridgehead atoms. The first-order valence-electron chi connectivity index (χ1n) is 4.64. The fourth-order valence-electron chi connectivity index (χ4n) is 1.17. The van der Waals surface area contributed by atoms with Crippen LogP contribution < -0.4 is 10.5 Å². The van der Waals surface area contributed by atoms with Crippen molar-refractivity contribution in [3.05, 3.63) is 11.8 Å². The molecule has 1 aromatic heterocycles. The fourth-order valence-corrected chi connectivity index (χ4v) is 1.72. The van der Waals surface area contributed by atoms with E-state index >= 15 is 0 Å². The van der Waals surface area contributed by atoms with Crippen molar-refractivity contribution in [3.63, 3.8) is 0 Å². The summed E-state index contributed by atoms with van der Waals surface area (Å²) in [6.07, 6.45) is 3.72. The second-order valence-electron chi connectivity index (χ2n) is 3.44. The van der Waals surface area contributed by atoms with Gasteiger partial charge in [0.25, 0.3) is 0 Å². The van der Waals surface area contributed by atoms with Crippen LogP contribution in [0.2, 0.25) is 0 Å². The number of hydrogen-bond donors (Lipinski definition) is 2. The molecule has 0 saturated carbocycles. The summed E-state index contributed by atoms with van der Waals surface area (Å²) in [5, 5.41) is 4.10. The van der Waals surface area contributed by atoms with Crippen LogP contribution in [0.3, 0.4) is 0 Å². The van der Waals surface area contributed by atoms with Gasteiger partial charge in [0.15, 0.2) is 5.82 Å². The highest BCUT2D eigenvalue weighted by atomic mass is 32.2. The number of nitrogens with one attached hydrogen (secondary N) is 1. The molecule has 0 atom stereocenters. The van der Waals surface area contributed by atoms with Gasteiger partial charge in [0, 0.05) is 18.3 Å². The van der Waals surface area contributed by atoms with Gasteiger partial charge in [-0.05, 0) is 19.9 Å². The van der Waals surface area contributed by atoms with E-state index in [1.165, 1.54) is 0 Å². The van der Waals surface area contributed by atoms with E-state index in [4.69, 9.17) is 5.73 Å². The van der Waals surface area contributed by atoms with Gasteiger partial charge in [-0.25, -0.2) is 8.42 Å². The molecule has 0 aliphatic heterocycles. The molecule has 1 rings (SSSR count). The second kappa shape index (κ2) is 4.63. The number of rotatable bonds is 5. The van der Waals surface area contributed by atoms with E-state index in [1.54, 1.807) is 17.8 Å². The van der Waals surface area contributed by atoms with E-state index in [1.807, 2.05) is 0 Å². The van der Waals surface area contributed by atoms with Crippen molar-refractivity contribution in [2.24, 2.45) is 5.73 Å². The number of sulfonamides is 1. The minimum atomic E-state index is -3.26. The van der Waals surface area contributed by atoms with Crippen LogP contribution in [0.25, 0.3) is 0 Å². The molecule has 6 nitrogen and oxygen atoms in total. The average molecular weight is 232 g/mol. The van der Waals surface area contributed by atoms with Gasteiger partial charge in [-0.2, -0.15) is 5.10 Å². The van der Waals surface area contributed by atoms with Gasteiger partial charge in [0.2, 0.25) is 10.0 Å². The molecule has 0 aromatic carbocycles. The zero-order chi connectivity index (χ0) is 11.5. The van der Waals surface area contributed by atoms with Gasteiger partial charge < -0.3 is 5.73 Å². The van der Waals surface area contributed by atoms with Crippen LogP contribution in [0.15, 0.2) is 6.20 Å². The van der Waals surface area contributed by atoms with Crippen molar-refractivity contribution in [1.29, 1.82) is 0 Å². The summed E-state index contributed by atoms with van der Waals surface area (Å²) >= 11 is 0. The van der Waals surface area contributed by atoms with Crippen molar-refractivity contribution in [3.8, 4) is 0 Å². The Kier molecular flexibility index (Phi) is 3.70. The monoisotopic (exact) mass is 232 g/mol. The topological polar surface area (TPSA) is 90.0 Å². The molecular formula is C8H16N4O2S. The van der Waals surface area contributed by atoms with Crippen LogP contribution in [0, 0.1) is 6.92 Å². The molecule has 86 valence electrons. The Labute approximate surface area is 89.5 Å². The number of nitrogens with two attached hydrogens (primary N) is 1. The van der Waals surface area contributed by atoms with Crippen LogP contribution in [0.1, 0.15) is 12.0 Å². The summed E-state index contributed by atoms with van der Waals surface area (Å²) in [4.78, 5) is 0. The molecule has 15 heavy (non-hydrogen) atoms. The van der Waals surface area contributed by atoms with Crippen molar-refractivity contribution in [1.82, 2.24) is 9.78 Å². The number of aromatic nitrogens is 2. The third-order valence-corrected chi connectivity index (χ3v) is 2.38. The van der Waals surface area contributed by atoms with E-state index in [9.17, 15) is 8.42 Å².